The molecule has 0 aliphatic rings. The van der Waals surface area contributed by atoms with E-state index in [0.717, 1.165) is 0 Å². The highest BCUT2D eigenvalue weighted by atomic mass is 35.5. The summed E-state index contributed by atoms with van der Waals surface area (Å²) in [5.74, 6) is -1.73. The minimum atomic E-state index is -1.11. The summed E-state index contributed by atoms with van der Waals surface area (Å²) >= 11 is 5.44. The first-order valence-electron chi connectivity index (χ1n) is 3.79. The summed E-state index contributed by atoms with van der Waals surface area (Å²) in [6, 6.07) is 1.81. The summed E-state index contributed by atoms with van der Waals surface area (Å²) in [5, 5.41) is 10.8. The van der Waals surface area contributed by atoms with Gasteiger partial charge in [0.1, 0.15) is 6.04 Å². The molecule has 5 nitrogen and oxygen atoms in total. The highest BCUT2D eigenvalue weighted by Crippen LogP contribution is 2.12. The fourth-order valence-corrected chi connectivity index (χ4v) is 0.912. The molecule has 0 spiro atoms. The van der Waals surface area contributed by atoms with Crippen molar-refractivity contribution in [1.29, 1.82) is 0 Å². The molecular formula is C8H8ClNO4. The van der Waals surface area contributed by atoms with Crippen LogP contribution in [0.1, 0.15) is 17.5 Å². The van der Waals surface area contributed by atoms with Crippen molar-refractivity contribution in [2.45, 2.75) is 13.0 Å². The van der Waals surface area contributed by atoms with E-state index in [2.05, 4.69) is 5.32 Å². The number of carboxylic acids is 1. The van der Waals surface area contributed by atoms with Crippen LogP contribution >= 0.6 is 11.6 Å². The Morgan fingerprint density at radius 1 is 1.57 bits per heavy atom. The normalized spacial score (nSPS) is 12.1. The molecule has 1 atom stereocenters. The first-order chi connectivity index (χ1) is 6.50. The summed E-state index contributed by atoms with van der Waals surface area (Å²) in [6.07, 6.45) is 0. The van der Waals surface area contributed by atoms with Crippen molar-refractivity contribution in [1.82, 2.24) is 5.32 Å². The van der Waals surface area contributed by atoms with Gasteiger partial charge in [-0.05, 0) is 30.7 Å². The van der Waals surface area contributed by atoms with E-state index in [9.17, 15) is 9.59 Å². The number of hydrogen-bond acceptors (Lipinski definition) is 3. The topological polar surface area (TPSA) is 79.5 Å². The first kappa shape index (κ1) is 10.6. The Bertz CT molecular complexity index is 360. The number of nitrogens with one attached hydrogen (secondary N) is 1. The van der Waals surface area contributed by atoms with Crippen LogP contribution in [0.15, 0.2) is 16.5 Å². The minimum absolute atomic E-state index is 0.0110. The van der Waals surface area contributed by atoms with E-state index >= 15 is 0 Å². The molecule has 1 amide bonds. The van der Waals surface area contributed by atoms with Crippen LogP contribution in [0.3, 0.4) is 0 Å². The standard InChI is InChI=1S/C8H8ClNO4/c1-4(8(12)13)10-7(11)5-2-3-6(9)14-5/h2-4H,1H3,(H,10,11)(H,12,13)/t4-/m0/s1. The van der Waals surface area contributed by atoms with Gasteiger partial charge in [-0.3, -0.25) is 9.59 Å². The Labute approximate surface area is 84.7 Å². The Morgan fingerprint density at radius 3 is 2.64 bits per heavy atom. The van der Waals surface area contributed by atoms with Gasteiger partial charge in [-0.1, -0.05) is 0 Å². The summed E-state index contributed by atoms with van der Waals surface area (Å²) in [6.45, 7) is 1.35. The van der Waals surface area contributed by atoms with Crippen LogP contribution in [-0.2, 0) is 4.79 Å². The second-order valence-electron chi connectivity index (χ2n) is 2.64. The molecule has 0 aromatic carbocycles. The molecule has 0 saturated heterocycles. The SMILES string of the molecule is C[C@H](NC(=O)c1ccc(Cl)o1)C(=O)O. The maximum Gasteiger partial charge on any atom is 0.325 e. The fourth-order valence-electron chi connectivity index (χ4n) is 0.766. The molecule has 1 aromatic rings. The number of hydrogen-bond donors (Lipinski definition) is 2. The summed E-state index contributed by atoms with van der Waals surface area (Å²) in [7, 11) is 0. The van der Waals surface area contributed by atoms with E-state index in [0.29, 0.717) is 0 Å². The van der Waals surface area contributed by atoms with E-state index in [1.807, 2.05) is 0 Å². The van der Waals surface area contributed by atoms with Gasteiger partial charge in [-0.15, -0.1) is 0 Å². The van der Waals surface area contributed by atoms with Gasteiger partial charge in [0.15, 0.2) is 11.0 Å². The average Bonchev–Trinajstić information content (AvgIpc) is 2.51. The number of carboxylic acid groups (broad SMARTS) is 1. The molecule has 6 heteroatoms. The van der Waals surface area contributed by atoms with Crippen molar-refractivity contribution >= 4 is 23.5 Å². The van der Waals surface area contributed by atoms with Crippen LogP contribution in [0.4, 0.5) is 0 Å². The Balaban J connectivity index is 2.63. The number of amides is 1. The van der Waals surface area contributed by atoms with Crippen molar-refractivity contribution in [3.63, 3.8) is 0 Å². The molecule has 14 heavy (non-hydrogen) atoms. The predicted octanol–water partition coefficient (Wildman–Crippen LogP) is 1.14. The number of carbonyl (C=O) groups is 2. The second kappa shape index (κ2) is 4.15. The van der Waals surface area contributed by atoms with E-state index in [-0.39, 0.29) is 11.0 Å². The molecule has 0 fully saturated rings. The molecule has 0 aliphatic carbocycles. The third-order valence-corrected chi connectivity index (χ3v) is 1.72. The van der Waals surface area contributed by atoms with Crippen molar-refractivity contribution in [2.24, 2.45) is 0 Å². The molecule has 76 valence electrons. The van der Waals surface area contributed by atoms with Crippen LogP contribution in [0.25, 0.3) is 0 Å². The molecule has 0 saturated carbocycles. The third kappa shape index (κ3) is 2.50. The smallest absolute Gasteiger partial charge is 0.325 e. The largest absolute Gasteiger partial charge is 0.480 e. The van der Waals surface area contributed by atoms with Gasteiger partial charge in [0.05, 0.1) is 0 Å². The van der Waals surface area contributed by atoms with Gasteiger partial charge in [0.25, 0.3) is 5.91 Å². The molecule has 1 aromatic heterocycles. The zero-order valence-corrected chi connectivity index (χ0v) is 8.04. The Kier molecular flexibility index (Phi) is 3.14. The zero-order chi connectivity index (χ0) is 10.7. The quantitative estimate of drug-likeness (QED) is 0.796. The van der Waals surface area contributed by atoms with Crippen LogP contribution in [0.2, 0.25) is 5.22 Å². The highest BCUT2D eigenvalue weighted by Gasteiger charge is 2.17. The molecular weight excluding hydrogens is 210 g/mol. The lowest BCUT2D eigenvalue weighted by Crippen LogP contribution is -2.38. The lowest BCUT2D eigenvalue weighted by Gasteiger charge is -2.06. The number of rotatable bonds is 3. The van der Waals surface area contributed by atoms with Gasteiger partial charge in [0.2, 0.25) is 0 Å². The molecule has 1 heterocycles. The summed E-state index contributed by atoms with van der Waals surface area (Å²) in [4.78, 5) is 21.6. The van der Waals surface area contributed by atoms with Crippen LogP contribution < -0.4 is 5.32 Å². The van der Waals surface area contributed by atoms with Crippen molar-refractivity contribution in [3.05, 3.63) is 23.1 Å². The molecule has 1 rings (SSSR count). The van der Waals surface area contributed by atoms with E-state index < -0.39 is 17.9 Å². The molecule has 0 bridgehead atoms. The molecule has 2 N–H and O–H groups in total. The number of aliphatic carboxylic acids is 1. The summed E-state index contributed by atoms with van der Waals surface area (Å²) in [5.41, 5.74) is 0. The lowest BCUT2D eigenvalue weighted by molar-refractivity contribution is -0.138. The predicted molar refractivity (Wildman–Crippen MR) is 48.3 cm³/mol. The summed E-state index contributed by atoms with van der Waals surface area (Å²) < 4.78 is 4.79. The number of furan rings is 1. The fraction of sp³-hybridized carbons (Fsp3) is 0.250. The van der Waals surface area contributed by atoms with Gasteiger partial charge >= 0.3 is 5.97 Å². The van der Waals surface area contributed by atoms with E-state index in [1.165, 1.54) is 19.1 Å². The zero-order valence-electron chi connectivity index (χ0n) is 7.28. The second-order valence-corrected chi connectivity index (χ2v) is 3.01. The lowest BCUT2D eigenvalue weighted by atomic mass is 10.3. The molecule has 0 radical (unpaired) electrons. The van der Waals surface area contributed by atoms with Crippen molar-refractivity contribution in [2.75, 3.05) is 0 Å². The van der Waals surface area contributed by atoms with E-state index in [1.54, 1.807) is 0 Å². The van der Waals surface area contributed by atoms with E-state index in [4.69, 9.17) is 21.1 Å². The Hall–Kier alpha value is -1.49. The maximum absolute atomic E-state index is 11.2. The molecule has 0 unspecified atom stereocenters. The highest BCUT2D eigenvalue weighted by molar-refractivity contribution is 6.29. The van der Waals surface area contributed by atoms with Crippen LogP contribution in [-0.4, -0.2) is 23.0 Å². The Morgan fingerprint density at radius 2 is 2.21 bits per heavy atom. The van der Waals surface area contributed by atoms with Gasteiger partial charge in [0, 0.05) is 0 Å². The van der Waals surface area contributed by atoms with Crippen LogP contribution in [0.5, 0.6) is 0 Å². The van der Waals surface area contributed by atoms with Crippen LogP contribution in [0, 0.1) is 0 Å². The molecule has 0 aliphatic heterocycles. The van der Waals surface area contributed by atoms with Gasteiger partial charge < -0.3 is 14.8 Å². The average molecular weight is 218 g/mol. The first-order valence-corrected chi connectivity index (χ1v) is 4.17. The van der Waals surface area contributed by atoms with Crippen molar-refractivity contribution in [3.8, 4) is 0 Å². The number of carbonyl (C=O) groups excluding carboxylic acids is 1. The third-order valence-electron chi connectivity index (χ3n) is 1.52. The number of halogens is 1. The van der Waals surface area contributed by atoms with Gasteiger partial charge in [-0.25, -0.2) is 0 Å². The monoisotopic (exact) mass is 217 g/mol. The van der Waals surface area contributed by atoms with Crippen molar-refractivity contribution < 1.29 is 19.1 Å². The maximum atomic E-state index is 11.2. The minimum Gasteiger partial charge on any atom is -0.480 e. The van der Waals surface area contributed by atoms with Gasteiger partial charge in [-0.2, -0.15) is 0 Å².